The van der Waals surface area contributed by atoms with Crippen molar-refractivity contribution in [2.75, 3.05) is 48.4 Å². The zero-order valence-electron chi connectivity index (χ0n) is 17.3. The molecule has 1 aliphatic heterocycles. The van der Waals surface area contributed by atoms with E-state index in [1.54, 1.807) is 31.4 Å². The summed E-state index contributed by atoms with van der Waals surface area (Å²) in [5.74, 6) is 1.63. The van der Waals surface area contributed by atoms with E-state index in [9.17, 15) is 4.79 Å². The second-order valence-electron chi connectivity index (χ2n) is 7.40. The number of methoxy groups -OCH3 is 1. The maximum Gasteiger partial charge on any atom is 0.255 e. The quantitative estimate of drug-likeness (QED) is 0.700. The molecule has 3 aromatic rings. The molecule has 1 aliphatic rings. The molecule has 0 saturated carbocycles. The Morgan fingerprint density at radius 3 is 2.17 bits per heavy atom. The molecule has 1 aromatic heterocycles. The summed E-state index contributed by atoms with van der Waals surface area (Å²) < 4.78 is 5.13. The highest BCUT2D eigenvalue weighted by Crippen LogP contribution is 2.22. The SMILES string of the molecule is COc1ccc(C(=O)Nc2ccc(N3CCN(c4ccc(C)cn4)CC3)cc2)cc1. The van der Waals surface area contributed by atoms with Gasteiger partial charge in [-0.3, -0.25) is 4.79 Å². The van der Waals surface area contributed by atoms with E-state index >= 15 is 0 Å². The van der Waals surface area contributed by atoms with Gasteiger partial charge in [-0.15, -0.1) is 0 Å². The summed E-state index contributed by atoms with van der Waals surface area (Å²) in [5.41, 5.74) is 3.72. The van der Waals surface area contributed by atoms with Crippen molar-refractivity contribution in [1.29, 1.82) is 0 Å². The first-order valence-corrected chi connectivity index (χ1v) is 10.1. The second-order valence-corrected chi connectivity index (χ2v) is 7.40. The van der Waals surface area contributed by atoms with Gasteiger partial charge in [0.2, 0.25) is 0 Å². The first kappa shape index (κ1) is 19.8. The fourth-order valence-electron chi connectivity index (χ4n) is 3.54. The summed E-state index contributed by atoms with van der Waals surface area (Å²) in [6.45, 7) is 5.80. The third-order valence-corrected chi connectivity index (χ3v) is 5.34. The minimum absolute atomic E-state index is 0.135. The van der Waals surface area contributed by atoms with Crippen LogP contribution in [0, 0.1) is 6.92 Å². The molecule has 0 spiro atoms. The Hall–Kier alpha value is -3.54. The molecule has 0 aliphatic carbocycles. The van der Waals surface area contributed by atoms with Gasteiger partial charge in [-0.25, -0.2) is 4.98 Å². The molecule has 4 rings (SSSR count). The van der Waals surface area contributed by atoms with Gasteiger partial charge in [0.25, 0.3) is 5.91 Å². The maximum atomic E-state index is 12.4. The number of aromatic nitrogens is 1. The number of nitrogens with zero attached hydrogens (tertiary/aromatic N) is 3. The summed E-state index contributed by atoms with van der Waals surface area (Å²) in [4.78, 5) is 21.6. The van der Waals surface area contributed by atoms with Crippen LogP contribution in [-0.4, -0.2) is 44.2 Å². The van der Waals surface area contributed by atoms with Crippen LogP contribution in [-0.2, 0) is 0 Å². The second kappa shape index (κ2) is 8.86. The summed E-state index contributed by atoms with van der Waals surface area (Å²) in [6.07, 6.45) is 1.92. The minimum Gasteiger partial charge on any atom is -0.497 e. The molecule has 1 amide bonds. The fourth-order valence-corrected chi connectivity index (χ4v) is 3.54. The molecule has 0 radical (unpaired) electrons. The zero-order chi connectivity index (χ0) is 20.9. The van der Waals surface area contributed by atoms with E-state index in [-0.39, 0.29) is 5.91 Å². The molecule has 1 fully saturated rings. The van der Waals surface area contributed by atoms with E-state index in [0.717, 1.165) is 49.1 Å². The van der Waals surface area contributed by atoms with Crippen molar-refractivity contribution in [1.82, 2.24) is 4.98 Å². The summed E-state index contributed by atoms with van der Waals surface area (Å²) in [6, 6.07) is 19.3. The Labute approximate surface area is 177 Å². The lowest BCUT2D eigenvalue weighted by atomic mass is 10.2. The topological polar surface area (TPSA) is 57.7 Å². The lowest BCUT2D eigenvalue weighted by Crippen LogP contribution is -2.46. The number of piperazine rings is 1. The number of anilines is 3. The number of amides is 1. The fraction of sp³-hybridized carbons (Fsp3) is 0.250. The highest BCUT2D eigenvalue weighted by molar-refractivity contribution is 6.04. The van der Waals surface area contributed by atoms with E-state index in [4.69, 9.17) is 4.74 Å². The first-order valence-electron chi connectivity index (χ1n) is 10.1. The highest BCUT2D eigenvalue weighted by atomic mass is 16.5. The van der Waals surface area contributed by atoms with E-state index in [2.05, 4.69) is 51.3 Å². The Morgan fingerprint density at radius 1 is 0.900 bits per heavy atom. The summed E-state index contributed by atoms with van der Waals surface area (Å²) >= 11 is 0. The van der Waals surface area contributed by atoms with Crippen molar-refractivity contribution in [2.45, 2.75) is 6.92 Å². The monoisotopic (exact) mass is 402 g/mol. The average Bonchev–Trinajstić information content (AvgIpc) is 2.80. The summed E-state index contributed by atoms with van der Waals surface area (Å²) in [7, 11) is 1.61. The van der Waals surface area contributed by atoms with Crippen LogP contribution in [0.25, 0.3) is 0 Å². The third-order valence-electron chi connectivity index (χ3n) is 5.34. The van der Waals surface area contributed by atoms with Gasteiger partial charge in [0.1, 0.15) is 11.6 Å². The molecule has 0 atom stereocenters. The molecule has 154 valence electrons. The van der Waals surface area contributed by atoms with E-state index in [0.29, 0.717) is 5.56 Å². The number of rotatable bonds is 5. The van der Waals surface area contributed by atoms with Crippen molar-refractivity contribution < 1.29 is 9.53 Å². The smallest absolute Gasteiger partial charge is 0.255 e. The predicted molar refractivity (Wildman–Crippen MR) is 121 cm³/mol. The van der Waals surface area contributed by atoms with Crippen LogP contribution in [0.2, 0.25) is 0 Å². The number of carbonyl (C=O) groups excluding carboxylic acids is 1. The first-order chi connectivity index (χ1) is 14.6. The third kappa shape index (κ3) is 4.54. The van der Waals surface area contributed by atoms with Gasteiger partial charge in [-0.05, 0) is 67.1 Å². The minimum atomic E-state index is -0.135. The van der Waals surface area contributed by atoms with Gasteiger partial charge < -0.3 is 19.9 Å². The Bertz CT molecular complexity index is 977. The lowest BCUT2D eigenvalue weighted by Gasteiger charge is -2.36. The number of pyridine rings is 1. The molecule has 2 heterocycles. The standard InChI is InChI=1S/C24H26N4O2/c1-18-3-12-23(25-17-18)28-15-13-27(14-16-28)21-8-6-20(7-9-21)26-24(29)19-4-10-22(30-2)11-5-19/h3-12,17H,13-16H2,1-2H3,(H,26,29). The van der Waals surface area contributed by atoms with Crippen LogP contribution in [0.3, 0.4) is 0 Å². The van der Waals surface area contributed by atoms with Crippen molar-refractivity contribution in [3.8, 4) is 5.75 Å². The molecular formula is C24H26N4O2. The number of ether oxygens (including phenoxy) is 1. The Morgan fingerprint density at radius 2 is 1.57 bits per heavy atom. The van der Waals surface area contributed by atoms with Crippen LogP contribution < -0.4 is 19.9 Å². The number of carbonyl (C=O) groups is 1. The van der Waals surface area contributed by atoms with Gasteiger partial charge in [-0.2, -0.15) is 0 Å². The van der Waals surface area contributed by atoms with Gasteiger partial charge in [0, 0.05) is 49.3 Å². The molecule has 30 heavy (non-hydrogen) atoms. The number of hydrogen-bond donors (Lipinski definition) is 1. The average molecular weight is 402 g/mol. The molecule has 1 N–H and O–H groups in total. The molecular weight excluding hydrogens is 376 g/mol. The normalized spacial score (nSPS) is 13.8. The highest BCUT2D eigenvalue weighted by Gasteiger charge is 2.18. The van der Waals surface area contributed by atoms with Crippen LogP contribution in [0.1, 0.15) is 15.9 Å². The van der Waals surface area contributed by atoms with Crippen LogP contribution >= 0.6 is 0 Å². The molecule has 0 unspecified atom stereocenters. The van der Waals surface area contributed by atoms with Gasteiger partial charge in [-0.1, -0.05) is 6.07 Å². The van der Waals surface area contributed by atoms with E-state index in [1.807, 2.05) is 18.3 Å². The molecule has 6 nitrogen and oxygen atoms in total. The lowest BCUT2D eigenvalue weighted by molar-refractivity contribution is 0.102. The van der Waals surface area contributed by atoms with Gasteiger partial charge >= 0.3 is 0 Å². The van der Waals surface area contributed by atoms with Crippen molar-refractivity contribution in [3.05, 3.63) is 78.0 Å². The van der Waals surface area contributed by atoms with Crippen LogP contribution in [0.4, 0.5) is 17.2 Å². The molecule has 0 bridgehead atoms. The molecule has 1 saturated heterocycles. The number of aryl methyl sites for hydroxylation is 1. The number of hydrogen-bond acceptors (Lipinski definition) is 5. The van der Waals surface area contributed by atoms with Crippen molar-refractivity contribution >= 4 is 23.1 Å². The van der Waals surface area contributed by atoms with Crippen molar-refractivity contribution in [3.63, 3.8) is 0 Å². The summed E-state index contributed by atoms with van der Waals surface area (Å²) in [5, 5.41) is 2.94. The van der Waals surface area contributed by atoms with E-state index < -0.39 is 0 Å². The Balaban J connectivity index is 1.33. The molecule has 2 aromatic carbocycles. The maximum absolute atomic E-state index is 12.4. The number of nitrogens with one attached hydrogen (secondary N) is 1. The number of benzene rings is 2. The Kier molecular flexibility index (Phi) is 5.84. The predicted octanol–water partition coefficient (Wildman–Crippen LogP) is 3.98. The van der Waals surface area contributed by atoms with Gasteiger partial charge in [0.05, 0.1) is 7.11 Å². The van der Waals surface area contributed by atoms with Gasteiger partial charge in [0.15, 0.2) is 0 Å². The van der Waals surface area contributed by atoms with E-state index in [1.165, 1.54) is 5.56 Å². The zero-order valence-corrected chi connectivity index (χ0v) is 17.3. The molecule has 6 heteroatoms. The largest absolute Gasteiger partial charge is 0.497 e. The van der Waals surface area contributed by atoms with Crippen molar-refractivity contribution in [2.24, 2.45) is 0 Å². The van der Waals surface area contributed by atoms with Crippen LogP contribution in [0.5, 0.6) is 5.75 Å². The van der Waals surface area contributed by atoms with Crippen LogP contribution in [0.15, 0.2) is 66.9 Å².